The third kappa shape index (κ3) is 4.58. The third-order valence-electron chi connectivity index (χ3n) is 3.67. The molecular weight excluding hydrogens is 334 g/mol. The number of halogens is 1. The zero-order chi connectivity index (χ0) is 17.6. The molecule has 0 unspecified atom stereocenters. The van der Waals surface area contributed by atoms with Gasteiger partial charge in [0.2, 0.25) is 0 Å². The van der Waals surface area contributed by atoms with Crippen LogP contribution in [0.25, 0.3) is 0 Å². The number of aromatic nitrogens is 1. The number of hydrogen-bond donors (Lipinski definition) is 2. The van der Waals surface area contributed by atoms with Gasteiger partial charge in [-0.2, -0.15) is 0 Å². The minimum atomic E-state index is -0.259. The predicted molar refractivity (Wildman–Crippen MR) is 102 cm³/mol. The molecule has 0 aliphatic heterocycles. The average molecular weight is 352 g/mol. The van der Waals surface area contributed by atoms with Gasteiger partial charge in [-0.05, 0) is 42.8 Å². The molecule has 0 spiro atoms. The molecule has 25 heavy (non-hydrogen) atoms. The minimum absolute atomic E-state index is 0.259. The van der Waals surface area contributed by atoms with Gasteiger partial charge >= 0.3 is 0 Å². The quantitative estimate of drug-likeness (QED) is 0.686. The average Bonchev–Trinajstić information content (AvgIpc) is 2.62. The molecule has 126 valence electrons. The van der Waals surface area contributed by atoms with Crippen LogP contribution in [0.5, 0.6) is 0 Å². The van der Waals surface area contributed by atoms with Crippen molar-refractivity contribution >= 4 is 28.9 Å². The minimum Gasteiger partial charge on any atom is -0.380 e. The summed E-state index contributed by atoms with van der Waals surface area (Å²) in [5, 5.41) is 6.65. The summed E-state index contributed by atoms with van der Waals surface area (Å²) in [6, 6.07) is 20.8. The smallest absolute Gasteiger partial charge is 0.274 e. The summed E-state index contributed by atoms with van der Waals surface area (Å²) in [4.78, 5) is 16.5. The molecule has 0 aliphatic carbocycles. The number of carbonyl (C=O) groups is 1. The lowest BCUT2D eigenvalue weighted by Gasteiger charge is -2.11. The summed E-state index contributed by atoms with van der Waals surface area (Å²) in [5.74, 6) is -0.259. The number of nitrogens with one attached hydrogen (secondary N) is 2. The van der Waals surface area contributed by atoms with Gasteiger partial charge in [0.15, 0.2) is 0 Å². The Morgan fingerprint density at radius 1 is 1.04 bits per heavy atom. The van der Waals surface area contributed by atoms with Gasteiger partial charge in [-0.25, -0.2) is 4.98 Å². The van der Waals surface area contributed by atoms with E-state index in [4.69, 9.17) is 11.6 Å². The number of hydrogen-bond acceptors (Lipinski definition) is 3. The molecule has 5 heteroatoms. The van der Waals surface area contributed by atoms with Crippen molar-refractivity contribution < 1.29 is 4.79 Å². The Labute approximate surface area is 151 Å². The molecule has 1 amide bonds. The molecule has 0 radical (unpaired) electrons. The van der Waals surface area contributed by atoms with E-state index < -0.39 is 0 Å². The summed E-state index contributed by atoms with van der Waals surface area (Å²) in [6.07, 6.45) is 0. The first kappa shape index (κ1) is 17.0. The van der Waals surface area contributed by atoms with Gasteiger partial charge < -0.3 is 10.6 Å². The second-order valence-electron chi connectivity index (χ2n) is 5.65. The molecule has 1 aromatic heterocycles. The standard InChI is InChI=1S/C20H18ClN3O/c1-14-6-5-9-19(23-14)20(25)24-16-10-11-18(17(21)12-16)22-13-15-7-3-2-4-8-15/h2-12,22H,13H2,1H3,(H,24,25). The largest absolute Gasteiger partial charge is 0.380 e. The molecular formula is C20H18ClN3O. The molecule has 0 atom stereocenters. The number of rotatable bonds is 5. The van der Waals surface area contributed by atoms with E-state index in [2.05, 4.69) is 15.6 Å². The van der Waals surface area contributed by atoms with Gasteiger partial charge in [0.1, 0.15) is 5.69 Å². The Morgan fingerprint density at radius 3 is 2.56 bits per heavy atom. The van der Waals surface area contributed by atoms with Crippen LogP contribution < -0.4 is 10.6 Å². The van der Waals surface area contributed by atoms with Crippen LogP contribution >= 0.6 is 11.6 Å². The van der Waals surface area contributed by atoms with E-state index in [-0.39, 0.29) is 5.91 Å². The number of amides is 1. The molecule has 0 aliphatic rings. The predicted octanol–water partition coefficient (Wildman–Crippen LogP) is 4.91. The van der Waals surface area contributed by atoms with E-state index >= 15 is 0 Å². The number of anilines is 2. The Hall–Kier alpha value is -2.85. The lowest BCUT2D eigenvalue weighted by Crippen LogP contribution is -2.14. The van der Waals surface area contributed by atoms with E-state index in [1.54, 1.807) is 18.2 Å². The van der Waals surface area contributed by atoms with E-state index in [1.165, 1.54) is 5.56 Å². The van der Waals surface area contributed by atoms with Crippen LogP contribution in [0.4, 0.5) is 11.4 Å². The van der Waals surface area contributed by atoms with Crippen molar-refractivity contribution in [3.05, 3.63) is 88.7 Å². The third-order valence-corrected chi connectivity index (χ3v) is 3.99. The molecule has 0 fully saturated rings. The second-order valence-corrected chi connectivity index (χ2v) is 6.06. The van der Waals surface area contributed by atoms with E-state index in [1.807, 2.05) is 55.5 Å². The molecule has 3 aromatic rings. The number of benzene rings is 2. The fraction of sp³-hybridized carbons (Fsp3) is 0.100. The van der Waals surface area contributed by atoms with Gasteiger partial charge in [-0.1, -0.05) is 48.0 Å². The molecule has 2 aromatic carbocycles. The molecule has 0 saturated heterocycles. The maximum atomic E-state index is 12.2. The van der Waals surface area contributed by atoms with Crippen molar-refractivity contribution in [2.45, 2.75) is 13.5 Å². The lowest BCUT2D eigenvalue weighted by molar-refractivity contribution is 0.102. The maximum Gasteiger partial charge on any atom is 0.274 e. The highest BCUT2D eigenvalue weighted by atomic mass is 35.5. The first-order valence-electron chi connectivity index (χ1n) is 7.94. The molecule has 0 bridgehead atoms. The van der Waals surface area contributed by atoms with E-state index in [9.17, 15) is 4.79 Å². The van der Waals surface area contributed by atoms with Crippen LogP contribution in [0.2, 0.25) is 5.02 Å². The van der Waals surface area contributed by atoms with Gasteiger partial charge in [0.05, 0.1) is 10.7 Å². The molecule has 3 rings (SSSR count). The fourth-order valence-electron chi connectivity index (χ4n) is 2.39. The van der Waals surface area contributed by atoms with Gasteiger partial charge in [-0.15, -0.1) is 0 Å². The SMILES string of the molecule is Cc1cccc(C(=O)Nc2ccc(NCc3ccccc3)c(Cl)c2)n1. The zero-order valence-corrected chi connectivity index (χ0v) is 14.5. The highest BCUT2D eigenvalue weighted by Gasteiger charge is 2.09. The number of nitrogens with zero attached hydrogens (tertiary/aromatic N) is 1. The summed E-state index contributed by atoms with van der Waals surface area (Å²) in [6.45, 7) is 2.53. The van der Waals surface area contributed by atoms with Crippen LogP contribution in [0.3, 0.4) is 0 Å². The van der Waals surface area contributed by atoms with Crippen LogP contribution in [0.1, 0.15) is 21.7 Å². The van der Waals surface area contributed by atoms with Crippen LogP contribution in [0.15, 0.2) is 66.7 Å². The lowest BCUT2D eigenvalue weighted by atomic mass is 10.2. The highest BCUT2D eigenvalue weighted by molar-refractivity contribution is 6.33. The first-order chi connectivity index (χ1) is 12.1. The van der Waals surface area contributed by atoms with Crippen molar-refractivity contribution in [2.24, 2.45) is 0 Å². The monoisotopic (exact) mass is 351 g/mol. The van der Waals surface area contributed by atoms with Crippen molar-refractivity contribution in [1.29, 1.82) is 0 Å². The van der Waals surface area contributed by atoms with Crippen molar-refractivity contribution in [3.63, 3.8) is 0 Å². The first-order valence-corrected chi connectivity index (χ1v) is 8.32. The molecule has 0 saturated carbocycles. The van der Waals surface area contributed by atoms with Crippen molar-refractivity contribution in [2.75, 3.05) is 10.6 Å². The Kier molecular flexibility index (Phi) is 5.31. The Balaban J connectivity index is 1.66. The number of aryl methyl sites for hydroxylation is 1. The van der Waals surface area contributed by atoms with Crippen LogP contribution in [0, 0.1) is 6.92 Å². The van der Waals surface area contributed by atoms with Gasteiger partial charge in [0, 0.05) is 17.9 Å². The normalized spacial score (nSPS) is 10.3. The van der Waals surface area contributed by atoms with Gasteiger partial charge in [0.25, 0.3) is 5.91 Å². The van der Waals surface area contributed by atoms with E-state index in [0.29, 0.717) is 22.9 Å². The summed E-state index contributed by atoms with van der Waals surface area (Å²) in [5.41, 5.74) is 3.79. The Morgan fingerprint density at radius 2 is 1.84 bits per heavy atom. The Bertz CT molecular complexity index is 881. The summed E-state index contributed by atoms with van der Waals surface area (Å²) in [7, 11) is 0. The van der Waals surface area contributed by atoms with Crippen molar-refractivity contribution in [3.8, 4) is 0 Å². The summed E-state index contributed by atoms with van der Waals surface area (Å²) >= 11 is 6.32. The van der Waals surface area contributed by atoms with Crippen LogP contribution in [-0.2, 0) is 6.54 Å². The number of pyridine rings is 1. The van der Waals surface area contributed by atoms with Crippen LogP contribution in [-0.4, -0.2) is 10.9 Å². The number of carbonyl (C=O) groups excluding carboxylic acids is 1. The molecule has 4 nitrogen and oxygen atoms in total. The maximum absolute atomic E-state index is 12.2. The fourth-order valence-corrected chi connectivity index (χ4v) is 2.64. The summed E-state index contributed by atoms with van der Waals surface area (Å²) < 4.78 is 0. The molecule has 1 heterocycles. The van der Waals surface area contributed by atoms with Crippen molar-refractivity contribution in [1.82, 2.24) is 4.98 Å². The van der Waals surface area contributed by atoms with Gasteiger partial charge in [-0.3, -0.25) is 4.79 Å². The second kappa shape index (κ2) is 7.81. The highest BCUT2D eigenvalue weighted by Crippen LogP contribution is 2.26. The van der Waals surface area contributed by atoms with E-state index in [0.717, 1.165) is 11.4 Å². The zero-order valence-electron chi connectivity index (χ0n) is 13.8. The topological polar surface area (TPSA) is 54.0 Å². The molecule has 2 N–H and O–H groups in total.